The van der Waals surface area contributed by atoms with Gasteiger partial charge in [0, 0.05) is 22.9 Å². The van der Waals surface area contributed by atoms with Crippen LogP contribution in [0.25, 0.3) is 17.0 Å². The van der Waals surface area contributed by atoms with Crippen LogP contribution in [0.3, 0.4) is 0 Å². The van der Waals surface area contributed by atoms with E-state index < -0.39 is 35.6 Å². The van der Waals surface area contributed by atoms with Crippen molar-refractivity contribution in [3.05, 3.63) is 72.0 Å². The number of hydrogen-bond donors (Lipinski definition) is 1. The normalized spacial score (nSPS) is 20.4. The summed E-state index contributed by atoms with van der Waals surface area (Å²) in [7, 11) is 0. The first-order chi connectivity index (χ1) is 17.7. The van der Waals surface area contributed by atoms with E-state index in [-0.39, 0.29) is 17.1 Å². The molecule has 2 aromatic carbocycles. The average Bonchev–Trinajstić information content (AvgIpc) is 3.51. The number of benzene rings is 2. The van der Waals surface area contributed by atoms with Gasteiger partial charge in [0.2, 0.25) is 0 Å². The highest BCUT2D eigenvalue weighted by molar-refractivity contribution is 6.51. The number of aliphatic hydroxyl groups excluding tert-OH is 1. The summed E-state index contributed by atoms with van der Waals surface area (Å²) in [4.78, 5) is 28.0. The smallest absolute Gasteiger partial charge is 0.507 e. The van der Waals surface area contributed by atoms with Crippen molar-refractivity contribution in [3.8, 4) is 17.0 Å². The Kier molecular flexibility index (Phi) is 6.49. The molecule has 1 aliphatic carbocycles. The second-order valence-corrected chi connectivity index (χ2v) is 9.11. The molecule has 1 aliphatic heterocycles. The van der Waals surface area contributed by atoms with Crippen LogP contribution in [0.1, 0.15) is 37.7 Å². The minimum absolute atomic E-state index is 0.0398. The number of alkyl halides is 3. The number of anilines is 1. The van der Waals surface area contributed by atoms with E-state index in [9.17, 15) is 27.9 Å². The predicted octanol–water partition coefficient (Wildman–Crippen LogP) is 6.07. The van der Waals surface area contributed by atoms with Crippen molar-refractivity contribution < 1.29 is 37.1 Å². The maximum atomic E-state index is 13.3. The fourth-order valence-electron chi connectivity index (χ4n) is 5.16. The van der Waals surface area contributed by atoms with E-state index in [4.69, 9.17) is 4.52 Å². The van der Waals surface area contributed by atoms with Gasteiger partial charge < -0.3 is 14.4 Å². The summed E-state index contributed by atoms with van der Waals surface area (Å²) in [6.45, 7) is 0. The van der Waals surface area contributed by atoms with Crippen molar-refractivity contribution in [1.29, 1.82) is 0 Å². The molecule has 2 aliphatic rings. The molecule has 7 nitrogen and oxygen atoms in total. The zero-order chi connectivity index (χ0) is 26.2. The number of carbonyl (C=O) groups is 2. The Morgan fingerprint density at radius 1 is 0.973 bits per heavy atom. The van der Waals surface area contributed by atoms with Crippen molar-refractivity contribution in [3.63, 3.8) is 0 Å². The van der Waals surface area contributed by atoms with Gasteiger partial charge in [-0.1, -0.05) is 36.6 Å². The van der Waals surface area contributed by atoms with Crippen LogP contribution in [0.2, 0.25) is 0 Å². The Labute approximate surface area is 210 Å². The van der Waals surface area contributed by atoms with Crippen molar-refractivity contribution in [2.75, 3.05) is 4.90 Å². The lowest BCUT2D eigenvalue weighted by Gasteiger charge is -2.34. The molecule has 0 radical (unpaired) electrons. The summed E-state index contributed by atoms with van der Waals surface area (Å²) in [6, 6.07) is 12.5. The quantitative estimate of drug-likeness (QED) is 0.253. The van der Waals surface area contributed by atoms with Crippen LogP contribution in [0.4, 0.5) is 18.9 Å². The standard InChI is InChI=1S/C27H23F3N2O5/c28-27(29,30)37-20-12-8-18(9-13-20)24(33)22-23(17-4-2-1-3-5-17)32(26(35)25(22)34)19-10-6-16(7-11-19)21-14-15-36-31-21/h6-15,17,23,33H,1-5H2. The first-order valence-corrected chi connectivity index (χ1v) is 11.9. The Balaban J connectivity index is 1.54. The number of Topliss-reactive ketones (excluding diaryl/α,β-unsaturated/α-hetero) is 1. The third-order valence-electron chi connectivity index (χ3n) is 6.82. The largest absolute Gasteiger partial charge is 0.573 e. The number of aliphatic hydroxyl groups is 1. The third-order valence-corrected chi connectivity index (χ3v) is 6.82. The fourth-order valence-corrected chi connectivity index (χ4v) is 5.16. The molecule has 1 aromatic heterocycles. The molecule has 1 unspecified atom stereocenters. The number of ether oxygens (including phenoxy) is 1. The Morgan fingerprint density at radius 2 is 1.65 bits per heavy atom. The molecule has 0 bridgehead atoms. The van der Waals surface area contributed by atoms with Gasteiger partial charge >= 0.3 is 6.36 Å². The molecule has 1 N–H and O–H groups in total. The summed E-state index contributed by atoms with van der Waals surface area (Å²) in [6.07, 6.45) is 1.04. The molecule has 1 amide bonds. The number of amides is 1. The van der Waals surface area contributed by atoms with Crippen LogP contribution in [-0.2, 0) is 9.59 Å². The number of rotatable bonds is 5. The van der Waals surface area contributed by atoms with Gasteiger partial charge in [0.15, 0.2) is 0 Å². The van der Waals surface area contributed by atoms with Crippen LogP contribution < -0.4 is 9.64 Å². The number of nitrogens with zero attached hydrogens (tertiary/aromatic N) is 2. The topological polar surface area (TPSA) is 92.9 Å². The number of carbonyl (C=O) groups excluding carboxylic acids is 2. The second kappa shape index (κ2) is 9.76. The molecule has 1 saturated heterocycles. The lowest BCUT2D eigenvalue weighted by Crippen LogP contribution is -2.40. The number of ketones is 1. The van der Waals surface area contributed by atoms with E-state index >= 15 is 0 Å². The second-order valence-electron chi connectivity index (χ2n) is 9.11. The Morgan fingerprint density at radius 3 is 2.24 bits per heavy atom. The first kappa shape index (κ1) is 24.6. The van der Waals surface area contributed by atoms with Crippen LogP contribution in [0.15, 0.2) is 71.0 Å². The number of hydrogen-bond acceptors (Lipinski definition) is 6. The molecule has 2 heterocycles. The SMILES string of the molecule is O=C1C(=O)N(c2ccc(-c3ccon3)cc2)C(C2CCCCC2)C1=C(O)c1ccc(OC(F)(F)F)cc1. The van der Waals surface area contributed by atoms with Crippen LogP contribution in [-0.4, -0.2) is 34.4 Å². The fraction of sp³-hybridized carbons (Fsp3) is 0.296. The molecule has 1 atom stereocenters. The van der Waals surface area contributed by atoms with E-state index in [0.717, 1.165) is 49.8 Å². The van der Waals surface area contributed by atoms with Gasteiger partial charge in [-0.05, 0) is 55.2 Å². The number of halogens is 3. The minimum atomic E-state index is -4.86. The summed E-state index contributed by atoms with van der Waals surface area (Å²) >= 11 is 0. The highest BCUT2D eigenvalue weighted by Gasteiger charge is 2.49. The van der Waals surface area contributed by atoms with E-state index in [2.05, 4.69) is 9.89 Å². The van der Waals surface area contributed by atoms with Gasteiger partial charge in [-0.3, -0.25) is 14.5 Å². The summed E-state index contributed by atoms with van der Waals surface area (Å²) in [5.74, 6) is -2.54. The summed E-state index contributed by atoms with van der Waals surface area (Å²) in [5.41, 5.74) is 1.97. The van der Waals surface area contributed by atoms with Crippen LogP contribution in [0, 0.1) is 5.92 Å². The third kappa shape index (κ3) is 4.96. The van der Waals surface area contributed by atoms with Gasteiger partial charge in [0.05, 0.1) is 11.6 Å². The van der Waals surface area contributed by atoms with Gasteiger partial charge in [-0.2, -0.15) is 0 Å². The van der Waals surface area contributed by atoms with Gasteiger partial charge in [-0.15, -0.1) is 13.2 Å². The lowest BCUT2D eigenvalue weighted by molar-refractivity contribution is -0.274. The van der Waals surface area contributed by atoms with E-state index in [1.54, 1.807) is 30.3 Å². The molecule has 1 saturated carbocycles. The van der Waals surface area contributed by atoms with Gasteiger partial charge in [-0.25, -0.2) is 0 Å². The zero-order valence-electron chi connectivity index (χ0n) is 19.6. The molecule has 192 valence electrons. The molecule has 10 heteroatoms. The molecule has 0 spiro atoms. The van der Waals surface area contributed by atoms with E-state index in [1.807, 2.05) is 0 Å². The Bertz CT molecular complexity index is 1310. The lowest BCUT2D eigenvalue weighted by atomic mass is 9.80. The predicted molar refractivity (Wildman–Crippen MR) is 127 cm³/mol. The van der Waals surface area contributed by atoms with Gasteiger partial charge in [0.25, 0.3) is 11.7 Å². The van der Waals surface area contributed by atoms with Crippen LogP contribution >= 0.6 is 0 Å². The minimum Gasteiger partial charge on any atom is -0.507 e. The van der Waals surface area contributed by atoms with Crippen LogP contribution in [0.5, 0.6) is 5.75 Å². The van der Waals surface area contributed by atoms with Crippen molar-refractivity contribution in [2.24, 2.45) is 5.92 Å². The number of aromatic nitrogens is 1. The maximum Gasteiger partial charge on any atom is 0.573 e. The van der Waals surface area contributed by atoms with Crippen molar-refractivity contribution in [1.82, 2.24) is 5.16 Å². The van der Waals surface area contributed by atoms with E-state index in [0.29, 0.717) is 11.4 Å². The molecular weight excluding hydrogens is 489 g/mol. The monoisotopic (exact) mass is 512 g/mol. The van der Waals surface area contributed by atoms with Crippen molar-refractivity contribution >= 4 is 23.1 Å². The maximum absolute atomic E-state index is 13.3. The highest BCUT2D eigenvalue weighted by atomic mass is 19.4. The Hall–Kier alpha value is -4.08. The molecular formula is C27H23F3N2O5. The average molecular weight is 512 g/mol. The van der Waals surface area contributed by atoms with E-state index in [1.165, 1.54) is 23.3 Å². The summed E-state index contributed by atoms with van der Waals surface area (Å²) < 4.78 is 46.4. The summed E-state index contributed by atoms with van der Waals surface area (Å²) in [5, 5.41) is 15.1. The molecule has 37 heavy (non-hydrogen) atoms. The first-order valence-electron chi connectivity index (χ1n) is 11.9. The molecule has 3 aromatic rings. The molecule has 5 rings (SSSR count). The molecule has 2 fully saturated rings. The highest BCUT2D eigenvalue weighted by Crippen LogP contribution is 2.41. The van der Waals surface area contributed by atoms with Crippen molar-refractivity contribution in [2.45, 2.75) is 44.5 Å². The zero-order valence-corrected chi connectivity index (χ0v) is 19.6. The van der Waals surface area contributed by atoms with Gasteiger partial charge in [0.1, 0.15) is 23.5 Å².